The summed E-state index contributed by atoms with van der Waals surface area (Å²) >= 11 is 5.59. The minimum absolute atomic E-state index is 0.290. The van der Waals surface area contributed by atoms with Crippen molar-refractivity contribution in [1.82, 2.24) is 0 Å². The summed E-state index contributed by atoms with van der Waals surface area (Å²) in [5.74, 6) is 0.786. The molecule has 0 fully saturated rings. The number of rotatable bonds is 12. The van der Waals surface area contributed by atoms with Crippen molar-refractivity contribution < 1.29 is 9.90 Å². The van der Waals surface area contributed by atoms with Crippen molar-refractivity contribution in [3.05, 3.63) is 0 Å². The number of aliphatic hydroxyl groups is 1. The molecule has 0 aliphatic rings. The summed E-state index contributed by atoms with van der Waals surface area (Å²) in [5.41, 5.74) is 0. The number of hydrogen-bond donors (Lipinski definition) is 1. The van der Waals surface area contributed by atoms with Crippen molar-refractivity contribution in [3.63, 3.8) is 0 Å². The number of carbonyl (C=O) groups excluding carboxylic acids is 1. The maximum absolute atomic E-state index is 10.1. The predicted octanol–water partition coefficient (Wildman–Crippen LogP) is 3.69. The number of halogens is 1. The maximum Gasteiger partial charge on any atom is 0.122 e. The van der Waals surface area contributed by atoms with E-state index in [1.807, 2.05) is 0 Å². The Balaban J connectivity index is 3.00. The SMILES string of the molecule is O=CCC(O)CCCCCCCCCCCl. The van der Waals surface area contributed by atoms with E-state index in [4.69, 9.17) is 11.6 Å². The molecule has 0 aromatic carbocycles. The van der Waals surface area contributed by atoms with E-state index in [1.165, 1.54) is 38.5 Å². The zero-order valence-corrected chi connectivity index (χ0v) is 10.9. The molecule has 0 rings (SSSR count). The van der Waals surface area contributed by atoms with Crippen LogP contribution in [-0.2, 0) is 4.79 Å². The molecular formula is C13H25ClO2. The molecule has 0 saturated carbocycles. The van der Waals surface area contributed by atoms with Gasteiger partial charge in [0.05, 0.1) is 6.10 Å². The van der Waals surface area contributed by atoms with Gasteiger partial charge in [0.25, 0.3) is 0 Å². The molecule has 0 radical (unpaired) electrons. The Morgan fingerprint density at radius 2 is 1.44 bits per heavy atom. The van der Waals surface area contributed by atoms with E-state index in [2.05, 4.69) is 0 Å². The van der Waals surface area contributed by atoms with Gasteiger partial charge in [-0.3, -0.25) is 0 Å². The highest BCUT2D eigenvalue weighted by Gasteiger charge is 2.01. The van der Waals surface area contributed by atoms with Gasteiger partial charge in [0.15, 0.2) is 0 Å². The van der Waals surface area contributed by atoms with Crippen molar-refractivity contribution in [2.24, 2.45) is 0 Å². The Morgan fingerprint density at radius 1 is 0.938 bits per heavy atom. The molecule has 1 unspecified atom stereocenters. The number of hydrogen-bond acceptors (Lipinski definition) is 2. The first-order valence-electron chi connectivity index (χ1n) is 6.49. The molecule has 0 saturated heterocycles. The molecule has 96 valence electrons. The minimum Gasteiger partial charge on any atom is -0.393 e. The molecule has 0 aliphatic heterocycles. The zero-order valence-electron chi connectivity index (χ0n) is 10.2. The Hall–Kier alpha value is -0.0800. The largest absolute Gasteiger partial charge is 0.393 e. The Labute approximate surface area is 104 Å². The number of aldehydes is 1. The molecule has 0 bridgehead atoms. The monoisotopic (exact) mass is 248 g/mol. The fraction of sp³-hybridized carbons (Fsp3) is 0.923. The summed E-state index contributed by atoms with van der Waals surface area (Å²) < 4.78 is 0. The molecule has 3 heteroatoms. The molecule has 16 heavy (non-hydrogen) atoms. The van der Waals surface area contributed by atoms with E-state index in [1.54, 1.807) is 0 Å². The quantitative estimate of drug-likeness (QED) is 0.325. The van der Waals surface area contributed by atoms with Gasteiger partial charge in [-0.15, -0.1) is 11.6 Å². The van der Waals surface area contributed by atoms with Gasteiger partial charge in [-0.05, 0) is 12.8 Å². The smallest absolute Gasteiger partial charge is 0.122 e. The first-order chi connectivity index (χ1) is 7.81. The molecule has 0 heterocycles. The van der Waals surface area contributed by atoms with Crippen LogP contribution in [0.5, 0.6) is 0 Å². The Kier molecular flexibility index (Phi) is 12.9. The van der Waals surface area contributed by atoms with Gasteiger partial charge >= 0.3 is 0 Å². The summed E-state index contributed by atoms with van der Waals surface area (Å²) in [7, 11) is 0. The summed E-state index contributed by atoms with van der Waals surface area (Å²) in [6, 6.07) is 0. The number of alkyl halides is 1. The third-order valence-corrected chi connectivity index (χ3v) is 3.06. The van der Waals surface area contributed by atoms with Gasteiger partial charge in [-0.25, -0.2) is 0 Å². The Bertz CT molecular complexity index is 151. The first kappa shape index (κ1) is 15.9. The second-order valence-corrected chi connectivity index (χ2v) is 4.74. The molecule has 0 aromatic rings. The lowest BCUT2D eigenvalue weighted by atomic mass is 10.0. The van der Waals surface area contributed by atoms with Gasteiger partial charge in [0.1, 0.15) is 6.29 Å². The third kappa shape index (κ3) is 12.0. The van der Waals surface area contributed by atoms with Crippen LogP contribution in [0.2, 0.25) is 0 Å². The third-order valence-electron chi connectivity index (χ3n) is 2.79. The summed E-state index contributed by atoms with van der Waals surface area (Å²) in [6.45, 7) is 0. The maximum atomic E-state index is 10.1. The molecule has 0 aromatic heterocycles. The van der Waals surface area contributed by atoms with Gasteiger partial charge in [0.2, 0.25) is 0 Å². The van der Waals surface area contributed by atoms with Crippen LogP contribution >= 0.6 is 11.6 Å². The van der Waals surface area contributed by atoms with E-state index in [-0.39, 0.29) is 0 Å². The van der Waals surface area contributed by atoms with Gasteiger partial charge < -0.3 is 9.90 Å². The standard InChI is InChI=1S/C13H25ClO2/c14-11-8-6-4-2-1-3-5-7-9-13(16)10-12-15/h12-13,16H,1-11H2. The second-order valence-electron chi connectivity index (χ2n) is 4.36. The van der Waals surface area contributed by atoms with Crippen molar-refractivity contribution >= 4 is 17.9 Å². The summed E-state index contributed by atoms with van der Waals surface area (Å²) in [5, 5.41) is 9.31. The molecule has 0 amide bonds. The normalized spacial score (nSPS) is 12.6. The van der Waals surface area contributed by atoms with Crippen molar-refractivity contribution in [2.45, 2.75) is 70.3 Å². The highest BCUT2D eigenvalue weighted by atomic mass is 35.5. The molecule has 1 atom stereocenters. The lowest BCUT2D eigenvalue weighted by molar-refractivity contribution is -0.109. The predicted molar refractivity (Wildman–Crippen MR) is 69.0 cm³/mol. The van der Waals surface area contributed by atoms with Crippen LogP contribution in [0, 0.1) is 0 Å². The van der Waals surface area contributed by atoms with E-state index >= 15 is 0 Å². The van der Waals surface area contributed by atoms with E-state index < -0.39 is 6.10 Å². The lowest BCUT2D eigenvalue weighted by Gasteiger charge is -2.06. The van der Waals surface area contributed by atoms with Crippen LogP contribution in [0.3, 0.4) is 0 Å². The van der Waals surface area contributed by atoms with E-state index in [0.717, 1.165) is 31.4 Å². The van der Waals surface area contributed by atoms with Gasteiger partial charge in [-0.1, -0.05) is 44.9 Å². The molecule has 1 N–H and O–H groups in total. The number of aliphatic hydroxyl groups excluding tert-OH is 1. The molecule has 0 aliphatic carbocycles. The first-order valence-corrected chi connectivity index (χ1v) is 7.02. The van der Waals surface area contributed by atoms with Crippen molar-refractivity contribution in [3.8, 4) is 0 Å². The zero-order chi connectivity index (χ0) is 12.1. The van der Waals surface area contributed by atoms with Crippen molar-refractivity contribution in [2.75, 3.05) is 5.88 Å². The molecule has 2 nitrogen and oxygen atoms in total. The van der Waals surface area contributed by atoms with Crippen LogP contribution in [-0.4, -0.2) is 23.4 Å². The van der Waals surface area contributed by atoms with E-state index in [0.29, 0.717) is 6.42 Å². The van der Waals surface area contributed by atoms with Crippen LogP contribution in [0.1, 0.15) is 64.2 Å². The van der Waals surface area contributed by atoms with E-state index in [9.17, 15) is 9.90 Å². The van der Waals surface area contributed by atoms with Crippen molar-refractivity contribution in [1.29, 1.82) is 0 Å². The lowest BCUT2D eigenvalue weighted by Crippen LogP contribution is -2.06. The van der Waals surface area contributed by atoms with Gasteiger partial charge in [0, 0.05) is 12.3 Å². The summed E-state index contributed by atoms with van der Waals surface area (Å²) in [4.78, 5) is 10.1. The van der Waals surface area contributed by atoms with Crippen LogP contribution in [0.25, 0.3) is 0 Å². The molecule has 0 spiro atoms. The fourth-order valence-electron chi connectivity index (χ4n) is 1.76. The van der Waals surface area contributed by atoms with Crippen LogP contribution < -0.4 is 0 Å². The summed E-state index contributed by atoms with van der Waals surface area (Å²) in [6.07, 6.45) is 11.2. The highest BCUT2D eigenvalue weighted by molar-refractivity contribution is 6.17. The minimum atomic E-state index is -0.416. The average Bonchev–Trinajstić information content (AvgIpc) is 2.27. The van der Waals surface area contributed by atoms with Crippen LogP contribution in [0.15, 0.2) is 0 Å². The highest BCUT2D eigenvalue weighted by Crippen LogP contribution is 2.11. The fourth-order valence-corrected chi connectivity index (χ4v) is 1.95. The topological polar surface area (TPSA) is 37.3 Å². The van der Waals surface area contributed by atoms with Crippen LogP contribution in [0.4, 0.5) is 0 Å². The van der Waals surface area contributed by atoms with Gasteiger partial charge in [-0.2, -0.15) is 0 Å². The Morgan fingerprint density at radius 3 is 1.94 bits per heavy atom. The second kappa shape index (κ2) is 13.0. The molecular weight excluding hydrogens is 224 g/mol. The number of unbranched alkanes of at least 4 members (excludes halogenated alkanes) is 7. The number of carbonyl (C=O) groups is 1. The average molecular weight is 249 g/mol.